The van der Waals surface area contributed by atoms with Crippen LogP contribution in [-0.2, 0) is 0 Å². The summed E-state index contributed by atoms with van der Waals surface area (Å²) in [6, 6.07) is 0. The molecule has 0 aromatic heterocycles. The average molecular weight is 224 g/mol. The van der Waals surface area contributed by atoms with Crippen LogP contribution in [0.25, 0.3) is 0 Å². The highest BCUT2D eigenvalue weighted by Gasteiger charge is 2.46. The molecule has 0 saturated heterocycles. The van der Waals surface area contributed by atoms with Gasteiger partial charge in [0.2, 0.25) is 0 Å². The van der Waals surface area contributed by atoms with E-state index in [0.29, 0.717) is 0 Å². The van der Waals surface area contributed by atoms with E-state index in [0.717, 1.165) is 29.6 Å². The Morgan fingerprint density at radius 1 is 1.00 bits per heavy atom. The number of allylic oxidation sites excluding steroid dienone is 1. The maximum absolute atomic E-state index is 8.56. The van der Waals surface area contributed by atoms with Gasteiger partial charge in [-0.3, -0.25) is 0 Å². The lowest BCUT2D eigenvalue weighted by atomic mass is 9.52. The van der Waals surface area contributed by atoms with E-state index in [9.17, 15) is 0 Å². The zero-order valence-corrected chi connectivity index (χ0v) is 9.51. The first-order valence-corrected chi connectivity index (χ1v) is 6.14. The minimum atomic E-state index is -1.83. The highest BCUT2D eigenvalue weighted by Crippen LogP contribution is 2.56. The smallest absolute Gasteiger partial charge is 0.450 e. The van der Waals surface area contributed by atoms with Crippen molar-refractivity contribution in [3.05, 3.63) is 12.7 Å². The van der Waals surface area contributed by atoms with Crippen LogP contribution in [0, 0.1) is 29.6 Å². The summed E-state index contributed by atoms with van der Waals surface area (Å²) in [6.45, 7) is 4.01. The first-order chi connectivity index (χ1) is 7.60. The topological polar surface area (TPSA) is 57.5 Å². The maximum atomic E-state index is 8.56. The van der Waals surface area contributed by atoms with Crippen molar-refractivity contribution >= 4 is 6.16 Å². The molecule has 4 fully saturated rings. The fourth-order valence-electron chi connectivity index (χ4n) is 4.35. The van der Waals surface area contributed by atoms with Crippen molar-refractivity contribution in [1.82, 2.24) is 0 Å². The Kier molecular flexibility index (Phi) is 3.22. The summed E-state index contributed by atoms with van der Waals surface area (Å²) in [5.74, 6) is 5.21. The van der Waals surface area contributed by atoms with Gasteiger partial charge in [0, 0.05) is 0 Å². The molecular formula is C13H20O3. The van der Waals surface area contributed by atoms with Gasteiger partial charge in [-0.1, -0.05) is 6.08 Å². The molecule has 3 nitrogen and oxygen atoms in total. The van der Waals surface area contributed by atoms with Crippen LogP contribution in [0.15, 0.2) is 12.7 Å². The van der Waals surface area contributed by atoms with Gasteiger partial charge in [-0.05, 0) is 61.7 Å². The molecular weight excluding hydrogens is 204 g/mol. The average Bonchev–Trinajstić information content (AvgIpc) is 2.15. The van der Waals surface area contributed by atoms with E-state index >= 15 is 0 Å². The van der Waals surface area contributed by atoms with Crippen LogP contribution in [0.3, 0.4) is 0 Å². The molecule has 4 aliphatic carbocycles. The van der Waals surface area contributed by atoms with Crippen LogP contribution in [0.5, 0.6) is 0 Å². The van der Waals surface area contributed by atoms with Gasteiger partial charge in [-0.15, -0.1) is 6.58 Å². The van der Waals surface area contributed by atoms with Gasteiger partial charge in [-0.25, -0.2) is 4.79 Å². The van der Waals surface area contributed by atoms with Crippen LogP contribution in [0.2, 0.25) is 0 Å². The van der Waals surface area contributed by atoms with Crippen LogP contribution < -0.4 is 0 Å². The fraction of sp³-hybridized carbons (Fsp3) is 0.769. The lowest BCUT2D eigenvalue weighted by Crippen LogP contribution is -2.44. The summed E-state index contributed by atoms with van der Waals surface area (Å²) in [4.78, 5) is 8.56. The van der Waals surface area contributed by atoms with E-state index in [1.54, 1.807) is 6.42 Å². The predicted octanol–water partition coefficient (Wildman–Crippen LogP) is 3.47. The molecule has 0 heterocycles. The molecule has 4 bridgehead atoms. The van der Waals surface area contributed by atoms with E-state index in [2.05, 4.69) is 12.7 Å². The summed E-state index contributed by atoms with van der Waals surface area (Å²) in [5, 5.41) is 13.9. The van der Waals surface area contributed by atoms with Crippen molar-refractivity contribution in [2.24, 2.45) is 29.6 Å². The van der Waals surface area contributed by atoms with Gasteiger partial charge in [0.25, 0.3) is 0 Å². The summed E-state index contributed by atoms with van der Waals surface area (Å²) in [6.07, 6.45) is 8.12. The Labute approximate surface area is 96.2 Å². The zero-order valence-electron chi connectivity index (χ0n) is 9.51. The Bertz CT molecular complexity index is 253. The Hall–Kier alpha value is -0.990. The molecule has 3 heteroatoms. The summed E-state index contributed by atoms with van der Waals surface area (Å²) in [7, 11) is 0. The standard InChI is InChI=1S/C12H18.CH2O3/c1-2-12-10-4-8-3-9(6-10)7-11(12)5-8;2-1(3)4/h2,8-12H,1,3-7H2;(H2,2,3,4). The predicted molar refractivity (Wildman–Crippen MR) is 61.4 cm³/mol. The second kappa shape index (κ2) is 4.48. The van der Waals surface area contributed by atoms with E-state index in [1.165, 1.54) is 25.7 Å². The molecule has 0 amide bonds. The molecule has 4 saturated carbocycles. The Morgan fingerprint density at radius 2 is 1.38 bits per heavy atom. The molecule has 4 rings (SSSR count). The summed E-state index contributed by atoms with van der Waals surface area (Å²) in [5.41, 5.74) is 0. The minimum Gasteiger partial charge on any atom is -0.450 e. The van der Waals surface area contributed by atoms with Gasteiger partial charge >= 0.3 is 6.16 Å². The Balaban J connectivity index is 0.000000212. The minimum absolute atomic E-state index is 0.901. The summed E-state index contributed by atoms with van der Waals surface area (Å²) < 4.78 is 0. The van der Waals surface area contributed by atoms with Gasteiger partial charge < -0.3 is 10.2 Å². The van der Waals surface area contributed by atoms with Crippen molar-refractivity contribution < 1.29 is 15.0 Å². The normalized spacial score (nSPS) is 43.4. The molecule has 16 heavy (non-hydrogen) atoms. The van der Waals surface area contributed by atoms with E-state index in [4.69, 9.17) is 15.0 Å². The molecule has 0 spiro atoms. The monoisotopic (exact) mass is 224 g/mol. The van der Waals surface area contributed by atoms with Crippen molar-refractivity contribution in [2.45, 2.75) is 32.1 Å². The second-order valence-electron chi connectivity index (χ2n) is 5.53. The molecule has 0 aliphatic heterocycles. The Morgan fingerprint density at radius 3 is 1.69 bits per heavy atom. The quantitative estimate of drug-likeness (QED) is 0.670. The molecule has 4 aliphatic rings. The number of carbonyl (C=O) groups is 1. The molecule has 0 unspecified atom stereocenters. The van der Waals surface area contributed by atoms with E-state index < -0.39 is 6.16 Å². The lowest BCUT2D eigenvalue weighted by molar-refractivity contribution is -0.0160. The number of rotatable bonds is 1. The highest BCUT2D eigenvalue weighted by molar-refractivity contribution is 5.53. The van der Waals surface area contributed by atoms with Gasteiger partial charge in [0.1, 0.15) is 0 Å². The highest BCUT2D eigenvalue weighted by atomic mass is 16.6. The molecule has 0 aromatic rings. The molecule has 0 radical (unpaired) electrons. The molecule has 2 N–H and O–H groups in total. The number of carboxylic acid groups (broad SMARTS) is 2. The third-order valence-corrected chi connectivity index (χ3v) is 4.57. The third kappa shape index (κ3) is 2.23. The van der Waals surface area contributed by atoms with E-state index in [1.807, 2.05) is 0 Å². The van der Waals surface area contributed by atoms with Crippen molar-refractivity contribution in [1.29, 1.82) is 0 Å². The zero-order chi connectivity index (χ0) is 11.7. The van der Waals surface area contributed by atoms with Gasteiger partial charge in [-0.2, -0.15) is 0 Å². The second-order valence-corrected chi connectivity index (χ2v) is 5.53. The molecule has 0 atom stereocenters. The summed E-state index contributed by atoms with van der Waals surface area (Å²) >= 11 is 0. The first kappa shape index (κ1) is 11.5. The SMILES string of the molecule is C=CC1C2CC3CC(C2)CC1C3.O=C(O)O. The van der Waals surface area contributed by atoms with Crippen LogP contribution >= 0.6 is 0 Å². The van der Waals surface area contributed by atoms with Crippen LogP contribution in [0.4, 0.5) is 4.79 Å². The number of hydrogen-bond acceptors (Lipinski definition) is 1. The van der Waals surface area contributed by atoms with Gasteiger partial charge in [0.05, 0.1) is 0 Å². The van der Waals surface area contributed by atoms with Crippen molar-refractivity contribution in [3.63, 3.8) is 0 Å². The van der Waals surface area contributed by atoms with E-state index in [-0.39, 0.29) is 0 Å². The molecule has 0 aromatic carbocycles. The largest absolute Gasteiger partial charge is 0.503 e. The third-order valence-electron chi connectivity index (χ3n) is 4.57. The maximum Gasteiger partial charge on any atom is 0.503 e. The fourth-order valence-corrected chi connectivity index (χ4v) is 4.35. The van der Waals surface area contributed by atoms with Crippen LogP contribution in [-0.4, -0.2) is 16.4 Å². The lowest BCUT2D eigenvalue weighted by Gasteiger charge is -2.53. The van der Waals surface area contributed by atoms with Crippen LogP contribution in [0.1, 0.15) is 32.1 Å². The van der Waals surface area contributed by atoms with Crippen molar-refractivity contribution in [3.8, 4) is 0 Å². The van der Waals surface area contributed by atoms with Crippen molar-refractivity contribution in [2.75, 3.05) is 0 Å². The molecule has 90 valence electrons. The van der Waals surface area contributed by atoms with Gasteiger partial charge in [0.15, 0.2) is 0 Å². The first-order valence-electron chi connectivity index (χ1n) is 6.14. The number of hydrogen-bond donors (Lipinski definition) is 2.